The molecule has 0 aromatic heterocycles. The number of likely N-dealkylation sites (tertiary alicyclic amines) is 1. The van der Waals surface area contributed by atoms with Crippen molar-refractivity contribution in [1.29, 1.82) is 0 Å². The van der Waals surface area contributed by atoms with Crippen LogP contribution in [0, 0.1) is 5.82 Å². The van der Waals surface area contributed by atoms with Crippen LogP contribution in [0.5, 0.6) is 0 Å². The number of benzene rings is 2. The number of hydrogen-bond acceptors (Lipinski definition) is 5. The second-order valence-electron chi connectivity index (χ2n) is 8.58. The van der Waals surface area contributed by atoms with E-state index in [-0.39, 0.29) is 17.8 Å². The number of nitrogens with zero attached hydrogens (tertiary/aromatic N) is 2. The van der Waals surface area contributed by atoms with Crippen molar-refractivity contribution in [1.82, 2.24) is 4.90 Å². The maximum atomic E-state index is 14.3. The summed E-state index contributed by atoms with van der Waals surface area (Å²) in [6, 6.07) is 6.13. The Morgan fingerprint density at radius 1 is 1.19 bits per heavy atom. The van der Waals surface area contributed by atoms with Crippen LogP contribution in [0.3, 0.4) is 0 Å². The predicted molar refractivity (Wildman–Crippen MR) is 122 cm³/mol. The molecule has 0 aliphatic carbocycles. The molecule has 3 atom stereocenters. The van der Waals surface area contributed by atoms with Crippen LogP contribution in [0.4, 0.5) is 22.0 Å². The minimum atomic E-state index is -4.98. The average Bonchev–Trinajstić information content (AvgIpc) is 3.21. The molecule has 6 nitrogen and oxygen atoms in total. The monoisotopic (exact) mass is 570 g/mol. The van der Waals surface area contributed by atoms with Crippen LogP contribution in [-0.4, -0.2) is 55.8 Å². The highest BCUT2D eigenvalue weighted by atomic mass is 35.5. The number of amides is 1. The first kappa shape index (κ1) is 26.6. The van der Waals surface area contributed by atoms with E-state index in [1.54, 1.807) is 0 Å². The van der Waals surface area contributed by atoms with Crippen LogP contribution in [-0.2, 0) is 25.1 Å². The summed E-state index contributed by atoms with van der Waals surface area (Å²) in [7, 11) is -3.61. The van der Waals surface area contributed by atoms with Gasteiger partial charge in [0.2, 0.25) is 5.91 Å². The number of alkyl halides is 4. The van der Waals surface area contributed by atoms with Crippen LogP contribution >= 0.6 is 23.2 Å². The number of rotatable bonds is 5. The zero-order chi connectivity index (χ0) is 26.6. The molecule has 1 fully saturated rings. The van der Waals surface area contributed by atoms with Crippen LogP contribution in [0.2, 0.25) is 10.0 Å². The third kappa shape index (κ3) is 4.78. The number of oxime groups is 1. The number of carbonyl (C=O) groups excluding carboxylic acids is 1. The zero-order valence-electron chi connectivity index (χ0n) is 18.3. The first-order chi connectivity index (χ1) is 16.6. The van der Waals surface area contributed by atoms with E-state index < -0.39 is 73.3 Å². The largest absolute Gasteiger partial charge is 0.435 e. The molecule has 36 heavy (non-hydrogen) atoms. The lowest BCUT2D eigenvalue weighted by atomic mass is 9.86. The van der Waals surface area contributed by atoms with E-state index in [9.17, 15) is 35.2 Å². The minimum absolute atomic E-state index is 0.0918. The molecule has 194 valence electrons. The van der Waals surface area contributed by atoms with Gasteiger partial charge in [0.05, 0.1) is 28.3 Å². The van der Waals surface area contributed by atoms with Crippen LogP contribution in [0.15, 0.2) is 41.6 Å². The van der Waals surface area contributed by atoms with E-state index in [1.807, 2.05) is 0 Å². The number of hydrogen-bond donors (Lipinski definition) is 0. The van der Waals surface area contributed by atoms with Crippen molar-refractivity contribution in [3.05, 3.63) is 69.0 Å². The summed E-state index contributed by atoms with van der Waals surface area (Å²) >= 11 is 11.4. The summed E-state index contributed by atoms with van der Waals surface area (Å²) in [4.78, 5) is 18.2. The van der Waals surface area contributed by atoms with Gasteiger partial charge in [-0.25, -0.2) is 17.2 Å². The van der Waals surface area contributed by atoms with E-state index in [4.69, 9.17) is 28.0 Å². The highest BCUT2D eigenvalue weighted by Crippen LogP contribution is 2.50. The highest BCUT2D eigenvalue weighted by Gasteiger charge is 2.62. The Balaban J connectivity index is 1.58. The molecule has 2 heterocycles. The quantitative estimate of drug-likeness (QED) is 0.375. The molecular weight excluding hydrogens is 554 g/mol. The van der Waals surface area contributed by atoms with Gasteiger partial charge in [-0.05, 0) is 23.3 Å². The Bertz CT molecular complexity index is 1330. The molecular formula is C22H17Cl2F5N2O4S. The van der Waals surface area contributed by atoms with Gasteiger partial charge in [0.15, 0.2) is 15.7 Å². The van der Waals surface area contributed by atoms with Crippen LogP contribution in [0.25, 0.3) is 0 Å². The molecule has 0 radical (unpaired) electrons. The van der Waals surface area contributed by atoms with Gasteiger partial charge in [-0.2, -0.15) is 13.2 Å². The first-order valence-corrected chi connectivity index (χ1v) is 13.1. The molecule has 2 aromatic rings. The molecule has 2 aliphatic rings. The molecule has 0 N–H and O–H groups in total. The summed E-state index contributed by atoms with van der Waals surface area (Å²) < 4.78 is 93.3. The SMILES string of the molecule is CS(=O)(=O)CC(=O)N1CC(F)C1c1ccc(C2=NOC(c3cc(Cl)c(F)c(Cl)c3)(C(F)(F)F)C2)cc1. The Morgan fingerprint density at radius 3 is 2.28 bits per heavy atom. The summed E-state index contributed by atoms with van der Waals surface area (Å²) in [6.07, 6.45) is -6.29. The number of carbonyl (C=O) groups is 1. The molecule has 14 heteroatoms. The highest BCUT2D eigenvalue weighted by molar-refractivity contribution is 7.91. The fourth-order valence-corrected chi connectivity index (χ4v) is 5.23. The lowest BCUT2D eigenvalue weighted by Gasteiger charge is -2.44. The minimum Gasteiger partial charge on any atom is -0.374 e. The Kier molecular flexibility index (Phi) is 6.76. The van der Waals surface area contributed by atoms with Gasteiger partial charge in [-0.1, -0.05) is 52.6 Å². The molecule has 2 aromatic carbocycles. The van der Waals surface area contributed by atoms with Gasteiger partial charge in [0.25, 0.3) is 5.60 Å². The van der Waals surface area contributed by atoms with E-state index in [0.29, 0.717) is 5.56 Å². The van der Waals surface area contributed by atoms with Crippen molar-refractivity contribution in [2.75, 3.05) is 18.6 Å². The molecule has 0 bridgehead atoms. The topological polar surface area (TPSA) is 76.0 Å². The third-order valence-electron chi connectivity index (χ3n) is 5.98. The van der Waals surface area contributed by atoms with E-state index >= 15 is 0 Å². The van der Waals surface area contributed by atoms with Gasteiger partial charge in [0, 0.05) is 18.2 Å². The Labute approximate surface area is 212 Å². The Morgan fingerprint density at radius 2 is 1.78 bits per heavy atom. The van der Waals surface area contributed by atoms with Crippen molar-refractivity contribution in [3.8, 4) is 0 Å². The standard InChI is InChI=1S/C22H17Cl2F5N2O4S/c1-36(33,34)10-18(32)31-9-16(25)20(31)12-4-2-11(3-5-12)17-8-21(35-30-17,22(27,28)29)13-6-14(23)19(26)15(24)7-13/h2-7,16,20H,8-10H2,1H3. The van der Waals surface area contributed by atoms with E-state index in [0.717, 1.165) is 23.3 Å². The van der Waals surface area contributed by atoms with Crippen molar-refractivity contribution < 1.29 is 40.0 Å². The number of sulfone groups is 1. The Hall–Kier alpha value is -2.44. The third-order valence-corrected chi connectivity index (χ3v) is 7.30. The lowest BCUT2D eigenvalue weighted by Crippen LogP contribution is -2.55. The van der Waals surface area contributed by atoms with Crippen molar-refractivity contribution in [2.24, 2.45) is 5.16 Å². The van der Waals surface area contributed by atoms with Gasteiger partial charge >= 0.3 is 6.18 Å². The molecule has 3 unspecified atom stereocenters. The van der Waals surface area contributed by atoms with E-state index in [2.05, 4.69) is 5.16 Å². The fourth-order valence-electron chi connectivity index (χ4n) is 4.13. The summed E-state index contributed by atoms with van der Waals surface area (Å²) in [5.74, 6) is -2.58. The summed E-state index contributed by atoms with van der Waals surface area (Å²) in [5, 5.41) is 2.38. The van der Waals surface area contributed by atoms with Gasteiger partial charge < -0.3 is 9.74 Å². The van der Waals surface area contributed by atoms with Gasteiger partial charge in [-0.3, -0.25) is 4.79 Å². The first-order valence-electron chi connectivity index (χ1n) is 10.3. The molecule has 1 amide bonds. The van der Waals surface area contributed by atoms with Crippen LogP contribution in [0.1, 0.15) is 29.2 Å². The maximum absolute atomic E-state index is 14.3. The van der Waals surface area contributed by atoms with Crippen molar-refractivity contribution >= 4 is 44.7 Å². The number of halogens is 7. The summed E-state index contributed by atoms with van der Waals surface area (Å²) in [6.45, 7) is -0.266. The zero-order valence-corrected chi connectivity index (χ0v) is 20.6. The average molecular weight is 571 g/mol. The maximum Gasteiger partial charge on any atom is 0.435 e. The second-order valence-corrected chi connectivity index (χ2v) is 11.5. The molecule has 2 aliphatic heterocycles. The second kappa shape index (κ2) is 9.14. The van der Waals surface area contributed by atoms with Crippen molar-refractivity contribution in [3.63, 3.8) is 0 Å². The molecule has 4 rings (SSSR count). The normalized spacial score (nSPS) is 24.2. The van der Waals surface area contributed by atoms with Gasteiger partial charge in [-0.15, -0.1) is 0 Å². The lowest BCUT2D eigenvalue weighted by molar-refractivity contribution is -0.275. The predicted octanol–water partition coefficient (Wildman–Crippen LogP) is 4.98. The molecule has 1 saturated heterocycles. The molecule has 0 spiro atoms. The van der Waals surface area contributed by atoms with Crippen LogP contribution < -0.4 is 0 Å². The smallest absolute Gasteiger partial charge is 0.374 e. The molecule has 0 saturated carbocycles. The van der Waals surface area contributed by atoms with Gasteiger partial charge in [0.1, 0.15) is 11.9 Å². The van der Waals surface area contributed by atoms with Crippen molar-refractivity contribution in [2.45, 2.75) is 30.4 Å². The fraction of sp³-hybridized carbons (Fsp3) is 0.364. The van der Waals surface area contributed by atoms with E-state index in [1.165, 1.54) is 24.3 Å². The summed E-state index contributed by atoms with van der Waals surface area (Å²) in [5.41, 5.74) is -3.03.